The summed E-state index contributed by atoms with van der Waals surface area (Å²) < 4.78 is 0. The Bertz CT molecular complexity index is 296. The van der Waals surface area contributed by atoms with E-state index in [2.05, 4.69) is 24.5 Å². The minimum atomic E-state index is -0.892. The highest BCUT2D eigenvalue weighted by molar-refractivity contribution is 5.75. The second kappa shape index (κ2) is 8.02. The van der Waals surface area contributed by atoms with E-state index in [4.69, 9.17) is 5.11 Å². The van der Waals surface area contributed by atoms with Crippen LogP contribution in [0.25, 0.3) is 0 Å². The lowest BCUT2D eigenvalue weighted by atomic mass is 9.87. The zero-order valence-corrected chi connectivity index (χ0v) is 12.7. The first-order valence-corrected chi connectivity index (χ1v) is 6.86. The van der Waals surface area contributed by atoms with E-state index in [0.717, 1.165) is 6.42 Å². The Labute approximate surface area is 116 Å². The molecule has 112 valence electrons. The first-order chi connectivity index (χ1) is 8.60. The minimum absolute atomic E-state index is 0.0225. The molecule has 2 amide bonds. The number of carbonyl (C=O) groups excluding carboxylic acids is 1. The van der Waals surface area contributed by atoms with Crippen molar-refractivity contribution in [2.24, 2.45) is 11.3 Å². The van der Waals surface area contributed by atoms with E-state index in [0.29, 0.717) is 18.9 Å². The molecular weight excluding hydrogens is 244 g/mol. The fourth-order valence-electron chi connectivity index (χ4n) is 1.84. The lowest BCUT2D eigenvalue weighted by molar-refractivity contribution is -0.137. The third-order valence-corrected chi connectivity index (χ3v) is 2.62. The van der Waals surface area contributed by atoms with Gasteiger partial charge in [-0.15, -0.1) is 0 Å². The maximum Gasteiger partial charge on any atom is 0.315 e. The number of carboxylic acids is 1. The van der Waals surface area contributed by atoms with Crippen LogP contribution in [0.4, 0.5) is 4.79 Å². The largest absolute Gasteiger partial charge is 0.481 e. The van der Waals surface area contributed by atoms with Crippen LogP contribution in [0.2, 0.25) is 0 Å². The molecule has 0 rings (SSSR count). The maximum absolute atomic E-state index is 11.7. The van der Waals surface area contributed by atoms with Crippen molar-refractivity contribution in [3.63, 3.8) is 0 Å². The molecule has 0 aromatic rings. The Morgan fingerprint density at radius 3 is 2.21 bits per heavy atom. The Hall–Kier alpha value is -1.26. The number of hydrogen-bond acceptors (Lipinski definition) is 2. The zero-order chi connectivity index (χ0) is 15.1. The summed E-state index contributed by atoms with van der Waals surface area (Å²) in [6.45, 7) is 10.9. The quantitative estimate of drug-likeness (QED) is 0.666. The molecule has 0 aromatic heterocycles. The Balaban J connectivity index is 4.23. The first kappa shape index (κ1) is 17.7. The average molecular weight is 272 g/mol. The van der Waals surface area contributed by atoms with Gasteiger partial charge in [0.25, 0.3) is 0 Å². The molecule has 0 heterocycles. The van der Waals surface area contributed by atoms with Gasteiger partial charge in [-0.2, -0.15) is 0 Å². The van der Waals surface area contributed by atoms with E-state index >= 15 is 0 Å². The molecule has 19 heavy (non-hydrogen) atoms. The number of carbonyl (C=O) groups is 2. The summed E-state index contributed by atoms with van der Waals surface area (Å²) in [6.07, 6.45) is 1.50. The van der Waals surface area contributed by atoms with Gasteiger partial charge in [-0.05, 0) is 24.2 Å². The third-order valence-electron chi connectivity index (χ3n) is 2.62. The van der Waals surface area contributed by atoms with Crippen molar-refractivity contribution in [1.82, 2.24) is 10.6 Å². The van der Waals surface area contributed by atoms with E-state index < -0.39 is 5.97 Å². The van der Waals surface area contributed by atoms with Crippen LogP contribution in [0.5, 0.6) is 0 Å². The monoisotopic (exact) mass is 272 g/mol. The average Bonchev–Trinajstić information content (AvgIpc) is 2.12. The number of hydrogen-bond donors (Lipinski definition) is 3. The molecule has 0 saturated carbocycles. The molecule has 1 atom stereocenters. The van der Waals surface area contributed by atoms with Crippen LogP contribution < -0.4 is 10.6 Å². The Morgan fingerprint density at radius 1 is 1.21 bits per heavy atom. The van der Waals surface area contributed by atoms with Gasteiger partial charge in [-0.1, -0.05) is 34.6 Å². The van der Waals surface area contributed by atoms with Crippen molar-refractivity contribution >= 4 is 12.0 Å². The maximum atomic E-state index is 11.7. The van der Waals surface area contributed by atoms with Crippen LogP contribution >= 0.6 is 0 Å². The summed E-state index contributed by atoms with van der Waals surface area (Å²) in [4.78, 5) is 22.5. The molecule has 0 aliphatic heterocycles. The Kier molecular flexibility index (Phi) is 7.49. The minimum Gasteiger partial charge on any atom is -0.481 e. The summed E-state index contributed by atoms with van der Waals surface area (Å²) in [7, 11) is 0. The topological polar surface area (TPSA) is 78.4 Å². The van der Waals surface area contributed by atoms with Crippen molar-refractivity contribution in [3.8, 4) is 0 Å². The van der Waals surface area contributed by atoms with Gasteiger partial charge in [-0.3, -0.25) is 4.79 Å². The smallest absolute Gasteiger partial charge is 0.315 e. The van der Waals surface area contributed by atoms with Gasteiger partial charge in [0.2, 0.25) is 0 Å². The fourth-order valence-corrected chi connectivity index (χ4v) is 1.84. The number of urea groups is 1. The molecule has 0 aliphatic carbocycles. The highest BCUT2D eigenvalue weighted by atomic mass is 16.4. The van der Waals surface area contributed by atoms with E-state index in [9.17, 15) is 9.59 Å². The van der Waals surface area contributed by atoms with Gasteiger partial charge in [0.05, 0.1) is 6.42 Å². The van der Waals surface area contributed by atoms with Gasteiger partial charge in [0, 0.05) is 12.6 Å². The predicted molar refractivity (Wildman–Crippen MR) is 76.1 cm³/mol. The van der Waals surface area contributed by atoms with Gasteiger partial charge < -0.3 is 15.7 Å². The number of rotatable bonds is 7. The molecule has 0 saturated heterocycles. The molecule has 0 bridgehead atoms. The van der Waals surface area contributed by atoms with Gasteiger partial charge >= 0.3 is 12.0 Å². The molecule has 5 heteroatoms. The predicted octanol–water partition coefficient (Wildman–Crippen LogP) is 2.61. The summed E-state index contributed by atoms with van der Waals surface area (Å²) >= 11 is 0. The van der Waals surface area contributed by atoms with Crippen molar-refractivity contribution in [2.45, 2.75) is 59.9 Å². The van der Waals surface area contributed by atoms with Gasteiger partial charge in [0.1, 0.15) is 0 Å². The summed E-state index contributed by atoms with van der Waals surface area (Å²) in [5, 5.41) is 14.4. The third kappa shape index (κ3) is 11.6. The number of amides is 2. The summed E-state index contributed by atoms with van der Waals surface area (Å²) in [5.41, 5.74) is -0.0225. The molecule has 0 aromatic carbocycles. The molecule has 1 unspecified atom stereocenters. The molecule has 0 spiro atoms. The van der Waals surface area contributed by atoms with Crippen LogP contribution in [0, 0.1) is 11.3 Å². The van der Waals surface area contributed by atoms with Crippen molar-refractivity contribution in [3.05, 3.63) is 0 Å². The number of carboxylic acid groups (broad SMARTS) is 1. The van der Waals surface area contributed by atoms with Crippen LogP contribution in [-0.2, 0) is 4.79 Å². The SMILES string of the molecule is CC(C)CCNC(=O)NC(CC(=O)O)CC(C)(C)C. The second-order valence-electron chi connectivity index (χ2n) is 6.64. The summed E-state index contributed by atoms with van der Waals surface area (Å²) in [5.74, 6) is -0.360. The van der Waals surface area contributed by atoms with E-state index in [1.807, 2.05) is 20.8 Å². The molecule has 0 radical (unpaired) electrons. The molecule has 0 fully saturated rings. The molecule has 5 nitrogen and oxygen atoms in total. The van der Waals surface area contributed by atoms with Crippen LogP contribution in [-0.4, -0.2) is 29.7 Å². The van der Waals surface area contributed by atoms with Crippen LogP contribution in [0.15, 0.2) is 0 Å². The normalized spacial score (nSPS) is 13.2. The van der Waals surface area contributed by atoms with E-state index in [-0.39, 0.29) is 23.9 Å². The number of aliphatic carboxylic acids is 1. The lowest BCUT2D eigenvalue weighted by Crippen LogP contribution is -2.44. The van der Waals surface area contributed by atoms with Crippen molar-refractivity contribution in [2.75, 3.05) is 6.54 Å². The van der Waals surface area contributed by atoms with Crippen LogP contribution in [0.1, 0.15) is 53.9 Å². The van der Waals surface area contributed by atoms with Crippen LogP contribution in [0.3, 0.4) is 0 Å². The highest BCUT2D eigenvalue weighted by Crippen LogP contribution is 2.22. The summed E-state index contributed by atoms with van der Waals surface area (Å²) in [6, 6.07) is -0.618. The molecule has 3 N–H and O–H groups in total. The second-order valence-corrected chi connectivity index (χ2v) is 6.64. The van der Waals surface area contributed by atoms with Crippen molar-refractivity contribution in [1.29, 1.82) is 0 Å². The van der Waals surface area contributed by atoms with Crippen molar-refractivity contribution < 1.29 is 14.7 Å². The molecule has 0 aliphatic rings. The first-order valence-electron chi connectivity index (χ1n) is 6.86. The van der Waals surface area contributed by atoms with Gasteiger partial charge in [0.15, 0.2) is 0 Å². The molecular formula is C14H28N2O3. The van der Waals surface area contributed by atoms with E-state index in [1.54, 1.807) is 0 Å². The number of nitrogens with one attached hydrogen (secondary N) is 2. The lowest BCUT2D eigenvalue weighted by Gasteiger charge is -2.26. The van der Waals surface area contributed by atoms with Gasteiger partial charge in [-0.25, -0.2) is 4.79 Å². The fraction of sp³-hybridized carbons (Fsp3) is 0.857. The zero-order valence-electron chi connectivity index (χ0n) is 12.7. The standard InChI is InChI=1S/C14H28N2O3/c1-10(2)6-7-15-13(19)16-11(8-12(17)18)9-14(3,4)5/h10-11H,6-9H2,1-5H3,(H,17,18)(H2,15,16,19). The highest BCUT2D eigenvalue weighted by Gasteiger charge is 2.22. The Morgan fingerprint density at radius 2 is 1.79 bits per heavy atom. The van der Waals surface area contributed by atoms with E-state index in [1.165, 1.54) is 0 Å².